The number of hydrogen-bond acceptors (Lipinski definition) is 3. The molecule has 1 fully saturated rings. The van der Waals surface area contributed by atoms with E-state index in [-0.39, 0.29) is 17.4 Å². The van der Waals surface area contributed by atoms with Crippen molar-refractivity contribution in [3.8, 4) is 0 Å². The molecule has 98 valence electrons. The molecular weight excluding hydrogens is 226 g/mol. The van der Waals surface area contributed by atoms with Crippen molar-refractivity contribution in [3.63, 3.8) is 0 Å². The number of nitrogens with one attached hydrogen (secondary N) is 1. The summed E-state index contributed by atoms with van der Waals surface area (Å²) in [6.07, 6.45) is 7.40. The van der Waals surface area contributed by atoms with Gasteiger partial charge in [0, 0.05) is 18.8 Å². The van der Waals surface area contributed by atoms with Crippen LogP contribution in [0.25, 0.3) is 0 Å². The van der Waals surface area contributed by atoms with Crippen LogP contribution in [0, 0.1) is 5.41 Å². The Morgan fingerprint density at radius 3 is 2.67 bits per heavy atom. The molecule has 0 spiro atoms. The largest absolute Gasteiger partial charge is 0.350 e. The number of aromatic nitrogens is 1. The number of nitrogens with zero attached hydrogens (tertiary/aromatic N) is 1. The average molecular weight is 247 g/mol. The Labute approximate surface area is 108 Å². The Kier molecular flexibility index (Phi) is 3.97. The zero-order valence-electron chi connectivity index (χ0n) is 10.9. The lowest BCUT2D eigenvalue weighted by Crippen LogP contribution is -2.42. The van der Waals surface area contributed by atoms with E-state index in [1.807, 2.05) is 19.1 Å². The molecule has 1 aromatic heterocycles. The second-order valence-corrected chi connectivity index (χ2v) is 5.30. The lowest BCUT2D eigenvalue weighted by Gasteiger charge is -2.40. The summed E-state index contributed by atoms with van der Waals surface area (Å²) >= 11 is 0. The predicted octanol–water partition coefficient (Wildman–Crippen LogP) is 1.78. The van der Waals surface area contributed by atoms with Gasteiger partial charge < -0.3 is 11.1 Å². The van der Waals surface area contributed by atoms with E-state index in [2.05, 4.69) is 10.3 Å². The second kappa shape index (κ2) is 5.48. The predicted molar refractivity (Wildman–Crippen MR) is 70.8 cm³/mol. The van der Waals surface area contributed by atoms with Gasteiger partial charge in [-0.3, -0.25) is 9.78 Å². The highest BCUT2D eigenvalue weighted by atomic mass is 16.1. The van der Waals surface area contributed by atoms with Crippen molar-refractivity contribution in [1.82, 2.24) is 10.3 Å². The molecule has 1 aliphatic carbocycles. The van der Waals surface area contributed by atoms with Crippen molar-refractivity contribution in [2.45, 2.75) is 38.6 Å². The van der Waals surface area contributed by atoms with Crippen LogP contribution in [0.4, 0.5) is 0 Å². The lowest BCUT2D eigenvalue weighted by atomic mass is 9.66. The Balaban J connectivity index is 1.88. The van der Waals surface area contributed by atoms with Gasteiger partial charge in [-0.2, -0.15) is 0 Å². The van der Waals surface area contributed by atoms with Crippen molar-refractivity contribution in [2.75, 3.05) is 6.54 Å². The van der Waals surface area contributed by atoms with Crippen LogP contribution in [0.5, 0.6) is 0 Å². The summed E-state index contributed by atoms with van der Waals surface area (Å²) in [7, 11) is 0. The summed E-state index contributed by atoms with van der Waals surface area (Å²) in [6, 6.07) is 3.87. The number of rotatable bonds is 5. The molecule has 0 aromatic carbocycles. The van der Waals surface area contributed by atoms with Crippen LogP contribution in [-0.4, -0.2) is 17.4 Å². The van der Waals surface area contributed by atoms with E-state index in [0.717, 1.165) is 18.4 Å². The first kappa shape index (κ1) is 13.0. The molecular formula is C14H21N3O. The highest BCUT2D eigenvalue weighted by Crippen LogP contribution is 2.42. The van der Waals surface area contributed by atoms with Crippen LogP contribution < -0.4 is 11.1 Å². The molecule has 1 atom stereocenters. The Morgan fingerprint density at radius 1 is 1.50 bits per heavy atom. The Bertz CT molecular complexity index is 395. The van der Waals surface area contributed by atoms with Crippen LogP contribution in [0.1, 0.15) is 44.2 Å². The first-order valence-electron chi connectivity index (χ1n) is 6.55. The fourth-order valence-electron chi connectivity index (χ4n) is 2.50. The topological polar surface area (TPSA) is 68.0 Å². The van der Waals surface area contributed by atoms with Gasteiger partial charge in [-0.15, -0.1) is 0 Å². The summed E-state index contributed by atoms with van der Waals surface area (Å²) in [5.74, 6) is 0.101. The van der Waals surface area contributed by atoms with Crippen molar-refractivity contribution in [1.29, 1.82) is 0 Å². The van der Waals surface area contributed by atoms with Gasteiger partial charge in [0.2, 0.25) is 5.91 Å². The molecule has 1 unspecified atom stereocenters. The lowest BCUT2D eigenvalue weighted by molar-refractivity contribution is -0.125. The number of nitrogens with two attached hydrogens (primary N) is 1. The fourth-order valence-corrected chi connectivity index (χ4v) is 2.50. The minimum Gasteiger partial charge on any atom is -0.350 e. The Morgan fingerprint density at radius 2 is 2.17 bits per heavy atom. The van der Waals surface area contributed by atoms with Crippen molar-refractivity contribution < 1.29 is 4.79 Å². The van der Waals surface area contributed by atoms with Gasteiger partial charge in [-0.05, 0) is 49.4 Å². The molecule has 0 aliphatic heterocycles. The van der Waals surface area contributed by atoms with Crippen LogP contribution >= 0.6 is 0 Å². The van der Waals surface area contributed by atoms with Crippen LogP contribution in [0.3, 0.4) is 0 Å². The minimum absolute atomic E-state index is 0.0235. The van der Waals surface area contributed by atoms with Gasteiger partial charge in [0.15, 0.2) is 0 Å². The molecule has 1 amide bonds. The number of amides is 1. The molecule has 1 saturated carbocycles. The van der Waals surface area contributed by atoms with Gasteiger partial charge in [0.05, 0.1) is 6.04 Å². The zero-order valence-corrected chi connectivity index (χ0v) is 10.9. The van der Waals surface area contributed by atoms with Crippen LogP contribution in [-0.2, 0) is 4.79 Å². The van der Waals surface area contributed by atoms with Gasteiger partial charge >= 0.3 is 0 Å². The van der Waals surface area contributed by atoms with E-state index < -0.39 is 0 Å². The quantitative estimate of drug-likeness (QED) is 0.833. The van der Waals surface area contributed by atoms with E-state index in [9.17, 15) is 4.79 Å². The molecule has 4 heteroatoms. The van der Waals surface area contributed by atoms with E-state index in [1.54, 1.807) is 12.4 Å². The summed E-state index contributed by atoms with van der Waals surface area (Å²) < 4.78 is 0. The van der Waals surface area contributed by atoms with Crippen molar-refractivity contribution in [3.05, 3.63) is 30.1 Å². The molecule has 4 nitrogen and oxygen atoms in total. The summed E-state index contributed by atoms with van der Waals surface area (Å²) in [5, 5.41) is 3.03. The number of carbonyl (C=O) groups excluding carboxylic acids is 1. The molecule has 0 radical (unpaired) electrons. The zero-order chi connectivity index (χ0) is 13.0. The first-order valence-corrected chi connectivity index (χ1v) is 6.55. The van der Waals surface area contributed by atoms with E-state index in [1.165, 1.54) is 6.42 Å². The molecule has 1 aromatic rings. The fraction of sp³-hybridized carbons (Fsp3) is 0.571. The number of carbonyl (C=O) groups is 1. The smallest absolute Gasteiger partial charge is 0.221 e. The third kappa shape index (κ3) is 2.88. The molecule has 18 heavy (non-hydrogen) atoms. The SMILES string of the molecule is CC(NC(=O)CC1(CN)CCC1)c1ccncc1. The normalized spacial score (nSPS) is 18.8. The number of pyridine rings is 1. The van der Waals surface area contributed by atoms with Crippen molar-refractivity contribution in [2.24, 2.45) is 11.1 Å². The maximum Gasteiger partial charge on any atom is 0.221 e. The summed E-state index contributed by atoms with van der Waals surface area (Å²) in [6.45, 7) is 2.60. The number of hydrogen-bond donors (Lipinski definition) is 2. The maximum atomic E-state index is 12.0. The van der Waals surface area contributed by atoms with E-state index in [0.29, 0.717) is 13.0 Å². The van der Waals surface area contributed by atoms with Gasteiger partial charge in [-0.1, -0.05) is 6.42 Å². The second-order valence-electron chi connectivity index (χ2n) is 5.30. The summed E-state index contributed by atoms with van der Waals surface area (Å²) in [5.41, 5.74) is 6.92. The Hall–Kier alpha value is -1.42. The molecule has 0 bridgehead atoms. The summed E-state index contributed by atoms with van der Waals surface area (Å²) in [4.78, 5) is 16.0. The third-order valence-corrected chi connectivity index (χ3v) is 3.97. The molecule has 1 heterocycles. The van der Waals surface area contributed by atoms with Gasteiger partial charge in [0.1, 0.15) is 0 Å². The molecule has 3 N–H and O–H groups in total. The molecule has 2 rings (SSSR count). The van der Waals surface area contributed by atoms with Gasteiger partial charge in [-0.25, -0.2) is 0 Å². The third-order valence-electron chi connectivity index (χ3n) is 3.97. The minimum atomic E-state index is 0.0235. The highest BCUT2D eigenvalue weighted by Gasteiger charge is 2.37. The van der Waals surface area contributed by atoms with Gasteiger partial charge in [0.25, 0.3) is 0 Å². The van der Waals surface area contributed by atoms with Crippen molar-refractivity contribution >= 4 is 5.91 Å². The standard InChI is InChI=1S/C14H21N3O/c1-11(12-3-7-16-8-4-12)17-13(18)9-14(10-15)5-2-6-14/h3-4,7-8,11H,2,5-6,9-10,15H2,1H3,(H,17,18). The first-order chi connectivity index (χ1) is 8.65. The van der Waals surface area contributed by atoms with E-state index >= 15 is 0 Å². The van der Waals surface area contributed by atoms with Crippen LogP contribution in [0.2, 0.25) is 0 Å². The highest BCUT2D eigenvalue weighted by molar-refractivity contribution is 5.77. The average Bonchev–Trinajstić information content (AvgIpc) is 2.35. The monoisotopic (exact) mass is 247 g/mol. The van der Waals surface area contributed by atoms with E-state index in [4.69, 9.17) is 5.73 Å². The maximum absolute atomic E-state index is 12.0. The molecule has 0 saturated heterocycles. The molecule has 1 aliphatic rings. The van der Waals surface area contributed by atoms with Crippen LogP contribution in [0.15, 0.2) is 24.5 Å².